The highest BCUT2D eigenvalue weighted by molar-refractivity contribution is 6.43. The van der Waals surface area contributed by atoms with Crippen molar-refractivity contribution in [3.8, 4) is 17.6 Å². The van der Waals surface area contributed by atoms with Gasteiger partial charge in [0.25, 0.3) is 0 Å². The molecule has 3 nitrogen and oxygen atoms in total. The Labute approximate surface area is 152 Å². The van der Waals surface area contributed by atoms with Crippen LogP contribution in [0.3, 0.4) is 0 Å². The van der Waals surface area contributed by atoms with Gasteiger partial charge in [0.15, 0.2) is 0 Å². The van der Waals surface area contributed by atoms with Crippen molar-refractivity contribution in [3.63, 3.8) is 0 Å². The minimum absolute atomic E-state index is 0.0739. The van der Waals surface area contributed by atoms with Gasteiger partial charge in [-0.25, -0.2) is 0 Å². The van der Waals surface area contributed by atoms with Crippen LogP contribution in [0, 0.1) is 17.8 Å². The summed E-state index contributed by atoms with van der Waals surface area (Å²) in [4.78, 5) is 2.23. The summed E-state index contributed by atoms with van der Waals surface area (Å²) in [6.07, 6.45) is 0.616. The van der Waals surface area contributed by atoms with Crippen LogP contribution in [0.15, 0.2) is 12.1 Å². The standard InChI is InChI=1S/C17H20Cl3NO2/c1-11-10-21(3)12(2)9-17(11,22)5-4-6-23-16-8-14(19)13(18)7-15(16)20/h7-8,11-12,22H,6,9-10H2,1-3H3. The first-order valence-electron chi connectivity index (χ1n) is 7.43. The predicted octanol–water partition coefficient (Wildman–Crippen LogP) is 4.12. The summed E-state index contributed by atoms with van der Waals surface area (Å²) in [6.45, 7) is 5.03. The zero-order valence-electron chi connectivity index (χ0n) is 13.4. The molecular formula is C17H20Cl3NO2. The molecule has 0 bridgehead atoms. The van der Waals surface area contributed by atoms with Crippen molar-refractivity contribution in [1.82, 2.24) is 4.90 Å². The minimum atomic E-state index is -0.989. The molecule has 0 aromatic heterocycles. The Balaban J connectivity index is 2.02. The third kappa shape index (κ3) is 4.47. The Morgan fingerprint density at radius 1 is 1.26 bits per heavy atom. The normalized spacial score (nSPS) is 28.1. The Morgan fingerprint density at radius 3 is 2.61 bits per heavy atom. The molecular weight excluding hydrogens is 357 g/mol. The molecule has 3 unspecified atom stereocenters. The van der Waals surface area contributed by atoms with Crippen molar-refractivity contribution in [2.75, 3.05) is 20.2 Å². The second-order valence-electron chi connectivity index (χ2n) is 6.11. The Kier molecular flexibility index (Phi) is 6.10. The van der Waals surface area contributed by atoms with Crippen LogP contribution < -0.4 is 4.74 Å². The third-order valence-electron chi connectivity index (χ3n) is 4.32. The summed E-state index contributed by atoms with van der Waals surface area (Å²) in [5.41, 5.74) is -0.989. The summed E-state index contributed by atoms with van der Waals surface area (Å²) in [5.74, 6) is 6.36. The predicted molar refractivity (Wildman–Crippen MR) is 95.6 cm³/mol. The number of hydrogen-bond acceptors (Lipinski definition) is 3. The van der Waals surface area contributed by atoms with E-state index in [2.05, 4.69) is 30.7 Å². The molecule has 23 heavy (non-hydrogen) atoms. The van der Waals surface area contributed by atoms with E-state index in [0.717, 1.165) is 6.54 Å². The Morgan fingerprint density at radius 2 is 1.91 bits per heavy atom. The van der Waals surface area contributed by atoms with Crippen LogP contribution in [0.2, 0.25) is 15.1 Å². The molecule has 0 spiro atoms. The van der Waals surface area contributed by atoms with Gasteiger partial charge in [0.1, 0.15) is 18.0 Å². The van der Waals surface area contributed by atoms with E-state index in [1.165, 1.54) is 6.07 Å². The zero-order valence-corrected chi connectivity index (χ0v) is 15.6. The van der Waals surface area contributed by atoms with Gasteiger partial charge in [-0.3, -0.25) is 0 Å². The second kappa shape index (κ2) is 7.51. The molecule has 126 valence electrons. The van der Waals surface area contributed by atoms with E-state index in [0.29, 0.717) is 27.2 Å². The number of benzene rings is 1. The Bertz CT molecular complexity index is 641. The van der Waals surface area contributed by atoms with Gasteiger partial charge < -0.3 is 14.7 Å². The molecule has 1 fully saturated rings. The van der Waals surface area contributed by atoms with Gasteiger partial charge in [-0.1, -0.05) is 53.6 Å². The summed E-state index contributed by atoms with van der Waals surface area (Å²) in [7, 11) is 2.06. The van der Waals surface area contributed by atoms with Gasteiger partial charge >= 0.3 is 0 Å². The monoisotopic (exact) mass is 375 g/mol. The molecule has 1 N–H and O–H groups in total. The van der Waals surface area contributed by atoms with Crippen molar-refractivity contribution in [2.24, 2.45) is 5.92 Å². The Hall–Kier alpha value is -0.630. The summed E-state index contributed by atoms with van der Waals surface area (Å²) in [5, 5.41) is 11.9. The topological polar surface area (TPSA) is 32.7 Å². The fourth-order valence-electron chi connectivity index (χ4n) is 2.66. The van der Waals surface area contributed by atoms with E-state index in [1.54, 1.807) is 6.07 Å². The van der Waals surface area contributed by atoms with E-state index >= 15 is 0 Å². The highest BCUT2D eigenvalue weighted by Crippen LogP contribution is 2.34. The van der Waals surface area contributed by atoms with Crippen LogP contribution in [0.1, 0.15) is 20.3 Å². The van der Waals surface area contributed by atoms with Crippen molar-refractivity contribution >= 4 is 34.8 Å². The number of aliphatic hydroxyl groups is 1. The van der Waals surface area contributed by atoms with Gasteiger partial charge in [0, 0.05) is 31.0 Å². The number of rotatable bonds is 2. The maximum absolute atomic E-state index is 10.7. The highest BCUT2D eigenvalue weighted by Gasteiger charge is 2.39. The average Bonchev–Trinajstić information content (AvgIpc) is 2.47. The number of halogens is 3. The lowest BCUT2D eigenvalue weighted by Crippen LogP contribution is -2.52. The van der Waals surface area contributed by atoms with Crippen LogP contribution in [0.4, 0.5) is 0 Å². The number of likely N-dealkylation sites (tertiary alicyclic amines) is 1. The second-order valence-corrected chi connectivity index (χ2v) is 7.33. The smallest absolute Gasteiger partial charge is 0.149 e. The molecule has 0 saturated carbocycles. The van der Waals surface area contributed by atoms with Gasteiger partial charge in [-0.2, -0.15) is 0 Å². The fraction of sp³-hybridized carbons (Fsp3) is 0.529. The van der Waals surface area contributed by atoms with E-state index in [4.69, 9.17) is 39.5 Å². The highest BCUT2D eigenvalue weighted by atomic mass is 35.5. The van der Waals surface area contributed by atoms with Crippen molar-refractivity contribution in [3.05, 3.63) is 27.2 Å². The lowest BCUT2D eigenvalue weighted by Gasteiger charge is -2.42. The van der Waals surface area contributed by atoms with Gasteiger partial charge in [0.05, 0.1) is 15.1 Å². The zero-order chi connectivity index (χ0) is 17.2. The largest absolute Gasteiger partial charge is 0.479 e. The number of ether oxygens (including phenoxy) is 1. The summed E-state index contributed by atoms with van der Waals surface area (Å²) >= 11 is 17.9. The van der Waals surface area contributed by atoms with E-state index < -0.39 is 5.60 Å². The van der Waals surface area contributed by atoms with E-state index in [1.807, 2.05) is 6.92 Å². The quantitative estimate of drug-likeness (QED) is 0.622. The van der Waals surface area contributed by atoms with Crippen molar-refractivity contribution in [2.45, 2.75) is 31.9 Å². The van der Waals surface area contributed by atoms with Crippen molar-refractivity contribution in [1.29, 1.82) is 0 Å². The molecule has 0 radical (unpaired) electrons. The molecule has 0 amide bonds. The van der Waals surface area contributed by atoms with Crippen LogP contribution in [0.25, 0.3) is 0 Å². The summed E-state index contributed by atoms with van der Waals surface area (Å²) < 4.78 is 5.52. The first-order chi connectivity index (χ1) is 10.7. The molecule has 0 aliphatic carbocycles. The molecule has 1 aromatic rings. The molecule has 2 rings (SSSR count). The molecule has 1 aliphatic heterocycles. The third-order valence-corrected chi connectivity index (χ3v) is 5.33. The number of nitrogens with zero attached hydrogens (tertiary/aromatic N) is 1. The molecule has 3 atom stereocenters. The van der Waals surface area contributed by atoms with Crippen LogP contribution >= 0.6 is 34.8 Å². The first-order valence-corrected chi connectivity index (χ1v) is 8.56. The van der Waals surface area contributed by atoms with Crippen LogP contribution in [0.5, 0.6) is 5.75 Å². The number of piperidine rings is 1. The van der Waals surface area contributed by atoms with Crippen LogP contribution in [-0.4, -0.2) is 41.8 Å². The van der Waals surface area contributed by atoms with Gasteiger partial charge in [-0.05, 0) is 20.0 Å². The molecule has 1 aliphatic rings. The van der Waals surface area contributed by atoms with Crippen molar-refractivity contribution < 1.29 is 9.84 Å². The average molecular weight is 377 g/mol. The van der Waals surface area contributed by atoms with Crippen LogP contribution in [-0.2, 0) is 0 Å². The fourth-order valence-corrected chi connectivity index (χ4v) is 3.25. The number of hydrogen-bond donors (Lipinski definition) is 1. The van der Waals surface area contributed by atoms with Gasteiger partial charge in [-0.15, -0.1) is 0 Å². The SMILES string of the molecule is CC1CC(O)(C#CCOc2cc(Cl)c(Cl)cc2Cl)C(C)CN1C. The van der Waals surface area contributed by atoms with E-state index in [-0.39, 0.29) is 18.6 Å². The maximum atomic E-state index is 10.7. The molecule has 1 aromatic carbocycles. The minimum Gasteiger partial charge on any atom is -0.479 e. The van der Waals surface area contributed by atoms with E-state index in [9.17, 15) is 5.11 Å². The first kappa shape index (κ1) is 18.7. The maximum Gasteiger partial charge on any atom is 0.149 e. The molecule has 1 heterocycles. The summed E-state index contributed by atoms with van der Waals surface area (Å²) in [6, 6.07) is 3.38. The lowest BCUT2D eigenvalue weighted by atomic mass is 9.80. The van der Waals surface area contributed by atoms with Gasteiger partial charge in [0.2, 0.25) is 0 Å². The molecule has 1 saturated heterocycles. The lowest BCUT2D eigenvalue weighted by molar-refractivity contribution is -0.0347. The molecule has 6 heteroatoms.